The highest BCUT2D eigenvalue weighted by atomic mass is 16.3. The zero-order chi connectivity index (χ0) is 12.7. The van der Waals surface area contributed by atoms with Gasteiger partial charge in [0.1, 0.15) is 11.5 Å². The normalized spacial score (nSPS) is 9.94. The van der Waals surface area contributed by atoms with E-state index in [4.69, 9.17) is 5.11 Å². The molecule has 5 nitrogen and oxygen atoms in total. The van der Waals surface area contributed by atoms with E-state index in [9.17, 15) is 9.90 Å². The maximum atomic E-state index is 11.4. The molecule has 0 fully saturated rings. The third-order valence-corrected chi connectivity index (χ3v) is 2.30. The first kappa shape index (κ1) is 13.2. The Morgan fingerprint density at radius 3 is 2.71 bits per heavy atom. The van der Waals surface area contributed by atoms with Gasteiger partial charge in [0.15, 0.2) is 0 Å². The molecule has 0 heterocycles. The highest BCUT2D eigenvalue weighted by molar-refractivity contribution is 5.90. The molecule has 0 aromatic heterocycles. The Morgan fingerprint density at radius 2 is 2.06 bits per heavy atom. The lowest BCUT2D eigenvalue weighted by atomic mass is 10.2. The van der Waals surface area contributed by atoms with E-state index in [1.54, 1.807) is 0 Å². The number of unbranched alkanes of at least 4 members (excludes halogenated alkanes) is 2. The molecule has 1 aromatic rings. The lowest BCUT2D eigenvalue weighted by Gasteiger charge is -2.08. The average molecular weight is 238 g/mol. The molecule has 0 saturated carbocycles. The fraction of sp³-hybridized carbons (Fsp3) is 0.417. The van der Waals surface area contributed by atoms with Gasteiger partial charge in [0.2, 0.25) is 0 Å². The molecule has 0 aliphatic carbocycles. The third kappa shape index (κ3) is 4.63. The molecule has 0 aliphatic rings. The molecule has 4 N–H and O–H groups in total. The molecule has 0 atom stereocenters. The van der Waals surface area contributed by atoms with Gasteiger partial charge in [-0.3, -0.25) is 0 Å². The molecule has 1 rings (SSSR count). The second-order valence-electron chi connectivity index (χ2n) is 3.79. The van der Waals surface area contributed by atoms with E-state index >= 15 is 0 Å². The first-order chi connectivity index (χ1) is 8.13. The van der Waals surface area contributed by atoms with Gasteiger partial charge < -0.3 is 20.8 Å². The van der Waals surface area contributed by atoms with E-state index in [0.29, 0.717) is 6.54 Å². The van der Waals surface area contributed by atoms with Crippen molar-refractivity contribution in [2.24, 2.45) is 0 Å². The number of anilines is 1. The Labute approximate surface area is 100 Å². The standard InChI is InChI=1S/C12H18N2O3/c1-2-3-4-7-13-12(17)14-10-6-5-9(15)8-11(10)16/h5-6,8,15-16H,2-4,7H2,1H3,(H2,13,14,17). The number of carbonyl (C=O) groups is 1. The van der Waals surface area contributed by atoms with Crippen LogP contribution < -0.4 is 10.6 Å². The Morgan fingerprint density at radius 1 is 1.29 bits per heavy atom. The van der Waals surface area contributed by atoms with Gasteiger partial charge in [-0.1, -0.05) is 19.8 Å². The zero-order valence-corrected chi connectivity index (χ0v) is 9.86. The molecule has 1 aromatic carbocycles. The number of carbonyl (C=O) groups excluding carboxylic acids is 1. The summed E-state index contributed by atoms with van der Waals surface area (Å²) >= 11 is 0. The lowest BCUT2D eigenvalue weighted by molar-refractivity contribution is 0.251. The Kier molecular flexibility index (Phi) is 5.13. The summed E-state index contributed by atoms with van der Waals surface area (Å²) in [5.41, 5.74) is 0.274. The highest BCUT2D eigenvalue weighted by Gasteiger charge is 2.05. The molecule has 0 bridgehead atoms. The second-order valence-corrected chi connectivity index (χ2v) is 3.79. The minimum atomic E-state index is -0.359. The molecule has 0 unspecified atom stereocenters. The van der Waals surface area contributed by atoms with Crippen LogP contribution in [0.25, 0.3) is 0 Å². The summed E-state index contributed by atoms with van der Waals surface area (Å²) in [6.45, 7) is 2.70. The number of nitrogens with one attached hydrogen (secondary N) is 2. The number of amides is 2. The van der Waals surface area contributed by atoms with E-state index in [1.807, 2.05) is 0 Å². The Balaban J connectivity index is 2.40. The molecular formula is C12H18N2O3. The topological polar surface area (TPSA) is 81.6 Å². The molecular weight excluding hydrogens is 220 g/mol. The van der Waals surface area contributed by atoms with Crippen molar-refractivity contribution in [2.45, 2.75) is 26.2 Å². The van der Waals surface area contributed by atoms with Gasteiger partial charge in [0, 0.05) is 12.6 Å². The molecule has 0 saturated heterocycles. The van der Waals surface area contributed by atoms with E-state index in [2.05, 4.69) is 17.6 Å². The van der Waals surface area contributed by atoms with Gasteiger partial charge in [0.25, 0.3) is 0 Å². The van der Waals surface area contributed by atoms with E-state index in [1.165, 1.54) is 18.2 Å². The summed E-state index contributed by atoms with van der Waals surface area (Å²) in [6, 6.07) is 3.65. The maximum Gasteiger partial charge on any atom is 0.319 e. The Bertz CT molecular complexity index is 380. The number of phenols is 2. The molecule has 17 heavy (non-hydrogen) atoms. The largest absolute Gasteiger partial charge is 0.508 e. The van der Waals surface area contributed by atoms with Gasteiger partial charge in [-0.2, -0.15) is 0 Å². The van der Waals surface area contributed by atoms with Crippen LogP contribution in [0.1, 0.15) is 26.2 Å². The fourth-order valence-corrected chi connectivity index (χ4v) is 1.37. The fourth-order valence-electron chi connectivity index (χ4n) is 1.37. The molecule has 2 amide bonds. The summed E-state index contributed by atoms with van der Waals surface area (Å²) in [4.78, 5) is 11.4. The van der Waals surface area contributed by atoms with Crippen LogP contribution in [0.5, 0.6) is 11.5 Å². The number of urea groups is 1. The van der Waals surface area contributed by atoms with Crippen LogP contribution in [-0.2, 0) is 0 Å². The first-order valence-electron chi connectivity index (χ1n) is 5.70. The second kappa shape index (κ2) is 6.62. The zero-order valence-electron chi connectivity index (χ0n) is 9.86. The first-order valence-corrected chi connectivity index (χ1v) is 5.70. The average Bonchev–Trinajstić information content (AvgIpc) is 2.28. The van der Waals surface area contributed by atoms with E-state index in [-0.39, 0.29) is 23.2 Å². The summed E-state index contributed by atoms with van der Waals surface area (Å²) in [7, 11) is 0. The Hall–Kier alpha value is -1.91. The summed E-state index contributed by atoms with van der Waals surface area (Å²) in [6.07, 6.45) is 3.11. The number of benzene rings is 1. The minimum absolute atomic E-state index is 0.0450. The van der Waals surface area contributed by atoms with Crippen molar-refractivity contribution in [3.8, 4) is 11.5 Å². The number of aromatic hydroxyl groups is 2. The number of hydrogen-bond acceptors (Lipinski definition) is 3. The van der Waals surface area contributed by atoms with Crippen molar-refractivity contribution in [3.05, 3.63) is 18.2 Å². The van der Waals surface area contributed by atoms with Crippen molar-refractivity contribution in [3.63, 3.8) is 0 Å². The van der Waals surface area contributed by atoms with Crippen molar-refractivity contribution in [2.75, 3.05) is 11.9 Å². The van der Waals surface area contributed by atoms with Crippen LogP contribution in [0, 0.1) is 0 Å². The van der Waals surface area contributed by atoms with Crippen LogP contribution in [-0.4, -0.2) is 22.8 Å². The van der Waals surface area contributed by atoms with E-state index < -0.39 is 0 Å². The molecule has 94 valence electrons. The van der Waals surface area contributed by atoms with Gasteiger partial charge in [-0.05, 0) is 18.6 Å². The SMILES string of the molecule is CCCCCNC(=O)Nc1ccc(O)cc1O. The number of phenolic OH excluding ortho intramolecular Hbond substituents is 2. The highest BCUT2D eigenvalue weighted by Crippen LogP contribution is 2.26. The molecule has 0 spiro atoms. The maximum absolute atomic E-state index is 11.4. The molecule has 0 aliphatic heterocycles. The monoisotopic (exact) mass is 238 g/mol. The lowest BCUT2D eigenvalue weighted by Crippen LogP contribution is -2.29. The van der Waals surface area contributed by atoms with Crippen molar-refractivity contribution in [1.29, 1.82) is 0 Å². The van der Waals surface area contributed by atoms with Crippen LogP contribution in [0.2, 0.25) is 0 Å². The van der Waals surface area contributed by atoms with Crippen LogP contribution in [0.3, 0.4) is 0 Å². The molecule has 5 heteroatoms. The van der Waals surface area contributed by atoms with Crippen molar-refractivity contribution < 1.29 is 15.0 Å². The number of rotatable bonds is 5. The van der Waals surface area contributed by atoms with Crippen molar-refractivity contribution in [1.82, 2.24) is 5.32 Å². The van der Waals surface area contributed by atoms with Crippen LogP contribution in [0.4, 0.5) is 10.5 Å². The predicted octanol–water partition coefficient (Wildman–Crippen LogP) is 2.41. The van der Waals surface area contributed by atoms with Gasteiger partial charge in [0.05, 0.1) is 5.69 Å². The van der Waals surface area contributed by atoms with Gasteiger partial charge in [-0.15, -0.1) is 0 Å². The van der Waals surface area contributed by atoms with E-state index in [0.717, 1.165) is 19.3 Å². The smallest absolute Gasteiger partial charge is 0.319 e. The summed E-state index contributed by atoms with van der Waals surface area (Å²) in [5.74, 6) is -0.204. The van der Waals surface area contributed by atoms with Crippen molar-refractivity contribution >= 4 is 11.7 Å². The third-order valence-electron chi connectivity index (χ3n) is 2.30. The van der Waals surface area contributed by atoms with Crippen LogP contribution in [0.15, 0.2) is 18.2 Å². The predicted molar refractivity (Wildman–Crippen MR) is 66.3 cm³/mol. The summed E-state index contributed by atoms with van der Waals surface area (Å²) < 4.78 is 0. The van der Waals surface area contributed by atoms with Gasteiger partial charge >= 0.3 is 6.03 Å². The van der Waals surface area contributed by atoms with Crippen LogP contribution >= 0.6 is 0 Å². The summed E-state index contributed by atoms with van der Waals surface area (Å²) in [5, 5.41) is 23.7. The van der Waals surface area contributed by atoms with Gasteiger partial charge in [-0.25, -0.2) is 4.79 Å². The quantitative estimate of drug-likeness (QED) is 0.361. The molecule has 0 radical (unpaired) electrons. The minimum Gasteiger partial charge on any atom is -0.508 e. The number of hydrogen-bond donors (Lipinski definition) is 4.